The third-order valence-corrected chi connectivity index (χ3v) is 7.37. The summed E-state index contributed by atoms with van der Waals surface area (Å²) in [6.45, 7) is 1.81. The molecule has 7 nitrogen and oxygen atoms in total. The number of nitrogens with zero attached hydrogens (tertiary/aromatic N) is 3. The molecule has 5 rings (SSSR count). The van der Waals surface area contributed by atoms with Crippen LogP contribution in [0.2, 0.25) is 0 Å². The second-order valence-electron chi connectivity index (χ2n) is 10.0. The summed E-state index contributed by atoms with van der Waals surface area (Å²) in [7, 11) is 0. The predicted octanol–water partition coefficient (Wildman–Crippen LogP) is 5.37. The Morgan fingerprint density at radius 1 is 1.16 bits per heavy atom. The molecule has 0 radical (unpaired) electrons. The molecule has 1 aromatic heterocycles. The Kier molecular flexibility index (Phi) is 7.37. The minimum atomic E-state index is -4.41. The number of hydrogen-bond donors (Lipinski definition) is 1. The second kappa shape index (κ2) is 10.7. The number of pyridine rings is 1. The van der Waals surface area contributed by atoms with Crippen molar-refractivity contribution in [1.82, 2.24) is 9.88 Å². The molecule has 1 N–H and O–H groups in total. The van der Waals surface area contributed by atoms with Crippen molar-refractivity contribution in [2.75, 3.05) is 19.7 Å². The first kappa shape index (κ1) is 25.5. The van der Waals surface area contributed by atoms with Gasteiger partial charge in [0.15, 0.2) is 0 Å². The zero-order valence-electron chi connectivity index (χ0n) is 20.5. The number of halogens is 3. The van der Waals surface area contributed by atoms with Gasteiger partial charge in [-0.2, -0.15) is 13.2 Å². The predicted molar refractivity (Wildman–Crippen MR) is 129 cm³/mol. The monoisotopic (exact) mass is 517 g/mol. The van der Waals surface area contributed by atoms with Gasteiger partial charge in [-0.1, -0.05) is 36.6 Å². The van der Waals surface area contributed by atoms with Gasteiger partial charge in [-0.25, -0.2) is 4.98 Å². The standard InChI is InChI=1S/C27H30F3N3O4/c28-27(29,30)23-12-17(6-8-21(23)18-4-2-1-3-5-18)16-37-32-24-10-11-36-25-22(24)9-7-20(31-25)15-33-13-19(14-33)26(34)35/h6-9,12,18-19H,1-5,10-11,13-16H2,(H,34,35). The summed E-state index contributed by atoms with van der Waals surface area (Å²) in [6.07, 6.45) is 0.692. The third-order valence-electron chi connectivity index (χ3n) is 7.37. The number of likely N-dealkylation sites (tertiary alicyclic amines) is 1. The lowest BCUT2D eigenvalue weighted by Gasteiger charge is -2.36. The molecule has 10 heteroatoms. The molecule has 1 aliphatic carbocycles. The van der Waals surface area contributed by atoms with Crippen LogP contribution in [0.15, 0.2) is 35.5 Å². The van der Waals surface area contributed by atoms with Crippen molar-refractivity contribution in [2.45, 2.75) is 63.8 Å². The molecule has 2 aliphatic heterocycles. The molecule has 198 valence electrons. The van der Waals surface area contributed by atoms with Crippen molar-refractivity contribution in [3.8, 4) is 5.88 Å². The Labute approximate surface area is 213 Å². The van der Waals surface area contributed by atoms with E-state index in [0.29, 0.717) is 60.9 Å². The van der Waals surface area contributed by atoms with Gasteiger partial charge in [-0.05, 0) is 48.1 Å². The molecule has 0 atom stereocenters. The van der Waals surface area contributed by atoms with Gasteiger partial charge in [0.2, 0.25) is 5.88 Å². The quantitative estimate of drug-likeness (QED) is 0.498. The van der Waals surface area contributed by atoms with Gasteiger partial charge in [-0.15, -0.1) is 0 Å². The van der Waals surface area contributed by atoms with Gasteiger partial charge in [0.25, 0.3) is 0 Å². The maximum Gasteiger partial charge on any atom is 0.416 e. The number of hydrogen-bond acceptors (Lipinski definition) is 6. The summed E-state index contributed by atoms with van der Waals surface area (Å²) in [6, 6.07) is 8.19. The summed E-state index contributed by atoms with van der Waals surface area (Å²) >= 11 is 0. The van der Waals surface area contributed by atoms with Crippen LogP contribution in [-0.2, 0) is 29.0 Å². The van der Waals surface area contributed by atoms with E-state index in [0.717, 1.165) is 37.8 Å². The average Bonchev–Trinajstić information content (AvgIpc) is 2.85. The Balaban J connectivity index is 1.24. The molecular weight excluding hydrogens is 487 g/mol. The number of carboxylic acids is 1. The van der Waals surface area contributed by atoms with E-state index < -0.39 is 17.7 Å². The molecule has 0 bridgehead atoms. The first-order valence-corrected chi connectivity index (χ1v) is 12.7. The van der Waals surface area contributed by atoms with Crippen molar-refractivity contribution >= 4 is 11.7 Å². The molecule has 1 saturated heterocycles. The number of carbonyl (C=O) groups is 1. The van der Waals surface area contributed by atoms with Gasteiger partial charge in [0, 0.05) is 26.1 Å². The fourth-order valence-electron chi connectivity index (χ4n) is 5.35. The molecular formula is C27H30F3N3O4. The van der Waals surface area contributed by atoms with Gasteiger partial charge >= 0.3 is 12.1 Å². The Bertz CT molecular complexity index is 1170. The van der Waals surface area contributed by atoms with Crippen molar-refractivity contribution in [1.29, 1.82) is 0 Å². The topological polar surface area (TPSA) is 84.2 Å². The normalized spacial score (nSPS) is 20.2. The van der Waals surface area contributed by atoms with E-state index in [-0.39, 0.29) is 18.4 Å². The van der Waals surface area contributed by atoms with Gasteiger partial charge in [-0.3, -0.25) is 9.69 Å². The lowest BCUT2D eigenvalue weighted by atomic mass is 9.81. The minimum Gasteiger partial charge on any atom is -0.481 e. The van der Waals surface area contributed by atoms with Crippen LogP contribution in [0.3, 0.4) is 0 Å². The highest BCUT2D eigenvalue weighted by Gasteiger charge is 2.36. The number of ether oxygens (including phenoxy) is 1. The van der Waals surface area contributed by atoms with Crippen LogP contribution >= 0.6 is 0 Å². The van der Waals surface area contributed by atoms with Crippen LogP contribution < -0.4 is 4.74 Å². The number of aliphatic carboxylic acids is 1. The Morgan fingerprint density at radius 2 is 1.95 bits per heavy atom. The van der Waals surface area contributed by atoms with E-state index in [1.54, 1.807) is 12.1 Å². The van der Waals surface area contributed by atoms with Crippen molar-refractivity contribution in [3.63, 3.8) is 0 Å². The second-order valence-corrected chi connectivity index (χ2v) is 10.0. The van der Waals surface area contributed by atoms with E-state index >= 15 is 0 Å². The minimum absolute atomic E-state index is 0.0450. The van der Waals surface area contributed by atoms with Crippen LogP contribution in [0.1, 0.15) is 72.4 Å². The van der Waals surface area contributed by atoms with E-state index in [4.69, 9.17) is 14.7 Å². The number of benzene rings is 1. The lowest BCUT2D eigenvalue weighted by molar-refractivity contribution is -0.147. The SMILES string of the molecule is O=C(O)C1CN(Cc2ccc3c(n2)OCCC3=NOCc2ccc(C3CCCCC3)c(C(F)(F)F)c2)C1. The first-order chi connectivity index (χ1) is 17.8. The summed E-state index contributed by atoms with van der Waals surface area (Å²) in [5.74, 6) is -0.733. The van der Waals surface area contributed by atoms with Gasteiger partial charge in [0.1, 0.15) is 6.61 Å². The molecule has 3 aliphatic rings. The highest BCUT2D eigenvalue weighted by atomic mass is 19.4. The number of alkyl halides is 3. The first-order valence-electron chi connectivity index (χ1n) is 12.7. The smallest absolute Gasteiger partial charge is 0.416 e. The average molecular weight is 518 g/mol. The number of rotatable bonds is 7. The highest BCUT2D eigenvalue weighted by Crippen LogP contribution is 2.41. The van der Waals surface area contributed by atoms with Crippen LogP contribution in [0, 0.1) is 5.92 Å². The Morgan fingerprint density at radius 3 is 2.68 bits per heavy atom. The van der Waals surface area contributed by atoms with Crippen LogP contribution in [0.4, 0.5) is 13.2 Å². The van der Waals surface area contributed by atoms with E-state index in [9.17, 15) is 18.0 Å². The fraction of sp³-hybridized carbons (Fsp3) is 0.519. The van der Waals surface area contributed by atoms with Crippen molar-refractivity contribution in [2.24, 2.45) is 11.1 Å². The summed E-state index contributed by atoms with van der Waals surface area (Å²) in [4.78, 5) is 23.0. The van der Waals surface area contributed by atoms with Crippen LogP contribution in [0.25, 0.3) is 0 Å². The third kappa shape index (κ3) is 5.89. The zero-order chi connectivity index (χ0) is 26.0. The van der Waals surface area contributed by atoms with Crippen molar-refractivity contribution < 1.29 is 32.6 Å². The number of carboxylic acid groups (broad SMARTS) is 1. The highest BCUT2D eigenvalue weighted by molar-refractivity contribution is 6.02. The van der Waals surface area contributed by atoms with E-state index in [1.165, 1.54) is 6.07 Å². The number of fused-ring (bicyclic) bond motifs is 1. The lowest BCUT2D eigenvalue weighted by Crippen LogP contribution is -2.49. The summed E-state index contributed by atoms with van der Waals surface area (Å²) in [5.41, 5.74) is 2.32. The maximum atomic E-state index is 13.8. The maximum absolute atomic E-state index is 13.8. The molecule has 0 unspecified atom stereocenters. The molecule has 2 fully saturated rings. The molecule has 0 amide bonds. The molecule has 0 spiro atoms. The van der Waals surface area contributed by atoms with Gasteiger partial charge < -0.3 is 14.7 Å². The van der Waals surface area contributed by atoms with E-state index in [2.05, 4.69) is 10.1 Å². The summed E-state index contributed by atoms with van der Waals surface area (Å²) in [5, 5.41) is 13.2. The molecule has 37 heavy (non-hydrogen) atoms. The molecule has 3 heterocycles. The number of aromatic nitrogens is 1. The van der Waals surface area contributed by atoms with E-state index in [1.807, 2.05) is 17.0 Å². The van der Waals surface area contributed by atoms with Gasteiger partial charge in [0.05, 0.1) is 35.1 Å². The largest absolute Gasteiger partial charge is 0.481 e. The zero-order valence-corrected chi connectivity index (χ0v) is 20.5. The summed E-state index contributed by atoms with van der Waals surface area (Å²) < 4.78 is 47.2. The van der Waals surface area contributed by atoms with Crippen LogP contribution in [-0.4, -0.2) is 46.4 Å². The molecule has 1 saturated carbocycles. The molecule has 1 aromatic carbocycles. The molecule has 2 aromatic rings. The van der Waals surface area contributed by atoms with Crippen LogP contribution in [0.5, 0.6) is 5.88 Å². The number of oxime groups is 1. The van der Waals surface area contributed by atoms with Crippen molar-refractivity contribution in [3.05, 3.63) is 58.3 Å². The fourth-order valence-corrected chi connectivity index (χ4v) is 5.35. The Hall–Kier alpha value is -3.14.